The zero-order valence-corrected chi connectivity index (χ0v) is 10.6. The first-order valence-corrected chi connectivity index (χ1v) is 6.39. The minimum atomic E-state index is -1.11. The summed E-state index contributed by atoms with van der Waals surface area (Å²) in [5, 5.41) is 18.2. The smallest absolute Gasteiger partial charge is 0.336 e. The fourth-order valence-electron chi connectivity index (χ4n) is 2.27. The van der Waals surface area contributed by atoms with Gasteiger partial charge in [-0.25, -0.2) is 4.79 Å². The summed E-state index contributed by atoms with van der Waals surface area (Å²) in [4.78, 5) is 25.2. The van der Waals surface area contributed by atoms with Crippen LogP contribution in [0.25, 0.3) is 0 Å². The van der Waals surface area contributed by atoms with Gasteiger partial charge in [-0.15, -0.1) is 0 Å². The SMILES string of the molecule is O=C(O)c1ccccc1C(=O)N(CCO)C1CCC1. The molecule has 1 saturated carbocycles. The number of nitrogens with zero attached hydrogens (tertiary/aromatic N) is 1. The van der Waals surface area contributed by atoms with Gasteiger partial charge in [-0.3, -0.25) is 4.79 Å². The lowest BCUT2D eigenvalue weighted by Gasteiger charge is -2.37. The molecule has 0 atom stereocenters. The van der Waals surface area contributed by atoms with Gasteiger partial charge in [0.25, 0.3) is 5.91 Å². The molecule has 0 aromatic heterocycles. The van der Waals surface area contributed by atoms with Crippen LogP contribution in [0.5, 0.6) is 0 Å². The maximum absolute atomic E-state index is 12.4. The van der Waals surface area contributed by atoms with Crippen molar-refractivity contribution in [1.82, 2.24) is 4.90 Å². The molecule has 0 aliphatic heterocycles. The van der Waals surface area contributed by atoms with Crippen LogP contribution >= 0.6 is 0 Å². The number of hydrogen-bond acceptors (Lipinski definition) is 3. The van der Waals surface area contributed by atoms with E-state index in [2.05, 4.69) is 0 Å². The summed E-state index contributed by atoms with van der Waals surface area (Å²) in [7, 11) is 0. The Morgan fingerprint density at radius 1 is 1.21 bits per heavy atom. The Bertz CT molecular complexity index is 482. The van der Waals surface area contributed by atoms with E-state index in [-0.39, 0.29) is 36.2 Å². The predicted molar refractivity (Wildman–Crippen MR) is 69.2 cm³/mol. The van der Waals surface area contributed by atoms with Gasteiger partial charge in [0.05, 0.1) is 17.7 Å². The topological polar surface area (TPSA) is 77.8 Å². The Labute approximate surface area is 111 Å². The van der Waals surface area contributed by atoms with Gasteiger partial charge in [0, 0.05) is 12.6 Å². The monoisotopic (exact) mass is 263 g/mol. The van der Waals surface area contributed by atoms with Crippen molar-refractivity contribution in [1.29, 1.82) is 0 Å². The van der Waals surface area contributed by atoms with Crippen LogP contribution in [0.15, 0.2) is 24.3 Å². The molecule has 1 amide bonds. The number of carboxylic acids is 1. The number of carbonyl (C=O) groups is 2. The van der Waals surface area contributed by atoms with Crippen molar-refractivity contribution < 1.29 is 19.8 Å². The van der Waals surface area contributed by atoms with Gasteiger partial charge in [0.1, 0.15) is 0 Å². The average Bonchev–Trinajstić information content (AvgIpc) is 2.35. The molecule has 0 heterocycles. The third-order valence-corrected chi connectivity index (χ3v) is 3.51. The lowest BCUT2D eigenvalue weighted by atomic mass is 9.90. The fraction of sp³-hybridized carbons (Fsp3) is 0.429. The summed E-state index contributed by atoms with van der Waals surface area (Å²) in [5.74, 6) is -1.42. The number of amides is 1. The molecule has 19 heavy (non-hydrogen) atoms. The van der Waals surface area contributed by atoms with Gasteiger partial charge in [0.15, 0.2) is 0 Å². The van der Waals surface area contributed by atoms with Gasteiger partial charge in [-0.05, 0) is 31.4 Å². The number of aliphatic hydroxyl groups is 1. The van der Waals surface area contributed by atoms with E-state index < -0.39 is 5.97 Å². The van der Waals surface area contributed by atoms with E-state index >= 15 is 0 Å². The molecule has 1 aromatic rings. The highest BCUT2D eigenvalue weighted by atomic mass is 16.4. The number of aliphatic hydroxyl groups excluding tert-OH is 1. The number of rotatable bonds is 5. The zero-order chi connectivity index (χ0) is 13.8. The Morgan fingerprint density at radius 2 is 1.84 bits per heavy atom. The molecule has 1 aromatic carbocycles. The molecule has 1 aliphatic carbocycles. The molecule has 2 N–H and O–H groups in total. The number of hydrogen-bond donors (Lipinski definition) is 2. The van der Waals surface area contributed by atoms with E-state index in [9.17, 15) is 9.59 Å². The zero-order valence-electron chi connectivity index (χ0n) is 10.6. The van der Waals surface area contributed by atoms with Crippen LogP contribution in [0.2, 0.25) is 0 Å². The highest BCUT2D eigenvalue weighted by Crippen LogP contribution is 2.26. The maximum atomic E-state index is 12.4. The average molecular weight is 263 g/mol. The predicted octanol–water partition coefficient (Wildman–Crippen LogP) is 1.37. The number of carbonyl (C=O) groups excluding carboxylic acids is 1. The Morgan fingerprint density at radius 3 is 2.32 bits per heavy atom. The van der Waals surface area contributed by atoms with Crippen molar-refractivity contribution in [3.63, 3.8) is 0 Å². The molecule has 0 bridgehead atoms. The molecule has 0 radical (unpaired) electrons. The molecule has 0 spiro atoms. The van der Waals surface area contributed by atoms with Gasteiger partial charge in [-0.1, -0.05) is 12.1 Å². The molecule has 5 nitrogen and oxygen atoms in total. The summed E-state index contributed by atoms with van der Waals surface area (Å²) in [5.41, 5.74) is 0.199. The molecule has 0 unspecified atom stereocenters. The quantitative estimate of drug-likeness (QED) is 0.841. The van der Waals surface area contributed by atoms with E-state index in [4.69, 9.17) is 10.2 Å². The highest BCUT2D eigenvalue weighted by molar-refractivity contribution is 6.04. The fourth-order valence-corrected chi connectivity index (χ4v) is 2.27. The summed E-state index contributed by atoms with van der Waals surface area (Å²) >= 11 is 0. The second kappa shape index (κ2) is 5.84. The Balaban J connectivity index is 2.28. The van der Waals surface area contributed by atoms with Crippen LogP contribution in [0.1, 0.15) is 40.0 Å². The summed E-state index contributed by atoms with van der Waals surface area (Å²) in [6.07, 6.45) is 2.91. The van der Waals surface area contributed by atoms with E-state index in [1.54, 1.807) is 17.0 Å². The van der Waals surface area contributed by atoms with Crippen molar-refractivity contribution in [2.45, 2.75) is 25.3 Å². The molecule has 1 aliphatic rings. The van der Waals surface area contributed by atoms with Crippen molar-refractivity contribution in [3.8, 4) is 0 Å². The largest absolute Gasteiger partial charge is 0.478 e. The second-order valence-electron chi connectivity index (χ2n) is 4.66. The summed E-state index contributed by atoms with van der Waals surface area (Å²) < 4.78 is 0. The Hall–Kier alpha value is -1.88. The number of carboxylic acid groups (broad SMARTS) is 1. The van der Waals surface area contributed by atoms with Crippen molar-refractivity contribution >= 4 is 11.9 Å². The lowest BCUT2D eigenvalue weighted by Crippen LogP contribution is -2.46. The summed E-state index contributed by atoms with van der Waals surface area (Å²) in [6, 6.07) is 6.32. The van der Waals surface area contributed by atoms with Crippen LogP contribution in [0, 0.1) is 0 Å². The number of benzene rings is 1. The first-order chi connectivity index (χ1) is 9.15. The van der Waals surface area contributed by atoms with Gasteiger partial charge >= 0.3 is 5.97 Å². The van der Waals surface area contributed by atoms with Crippen LogP contribution < -0.4 is 0 Å². The summed E-state index contributed by atoms with van der Waals surface area (Å²) in [6.45, 7) is 0.134. The first kappa shape index (κ1) is 13.5. The van der Waals surface area contributed by atoms with Crippen molar-refractivity contribution in [3.05, 3.63) is 35.4 Å². The third kappa shape index (κ3) is 2.76. The molecule has 0 saturated heterocycles. The standard InChI is InChI=1S/C14H17NO4/c16-9-8-15(10-4-3-5-10)13(17)11-6-1-2-7-12(11)14(18)19/h1-2,6-7,10,16H,3-5,8-9H2,(H,18,19). The lowest BCUT2D eigenvalue weighted by molar-refractivity contribution is 0.0516. The number of aromatic carboxylic acids is 1. The molecule has 2 rings (SSSR count). The normalized spacial score (nSPS) is 14.8. The minimum absolute atomic E-state index is 0.00904. The van der Waals surface area contributed by atoms with Gasteiger partial charge in [0.2, 0.25) is 0 Å². The maximum Gasteiger partial charge on any atom is 0.336 e. The highest BCUT2D eigenvalue weighted by Gasteiger charge is 2.30. The van der Waals surface area contributed by atoms with Gasteiger partial charge in [-0.2, -0.15) is 0 Å². The van der Waals surface area contributed by atoms with Crippen LogP contribution in [-0.2, 0) is 0 Å². The van der Waals surface area contributed by atoms with E-state index in [1.807, 2.05) is 0 Å². The molecular weight excluding hydrogens is 246 g/mol. The molecule has 1 fully saturated rings. The van der Waals surface area contributed by atoms with Crippen molar-refractivity contribution in [2.24, 2.45) is 0 Å². The van der Waals surface area contributed by atoms with Gasteiger partial charge < -0.3 is 15.1 Å². The van der Waals surface area contributed by atoms with E-state index in [0.717, 1.165) is 19.3 Å². The Kier molecular flexibility index (Phi) is 4.16. The van der Waals surface area contributed by atoms with Crippen LogP contribution in [0.4, 0.5) is 0 Å². The van der Waals surface area contributed by atoms with E-state index in [1.165, 1.54) is 12.1 Å². The second-order valence-corrected chi connectivity index (χ2v) is 4.66. The minimum Gasteiger partial charge on any atom is -0.478 e. The van der Waals surface area contributed by atoms with Crippen LogP contribution in [0.3, 0.4) is 0 Å². The van der Waals surface area contributed by atoms with Crippen molar-refractivity contribution in [2.75, 3.05) is 13.2 Å². The van der Waals surface area contributed by atoms with E-state index in [0.29, 0.717) is 0 Å². The molecule has 5 heteroatoms. The first-order valence-electron chi connectivity index (χ1n) is 6.39. The molecule has 102 valence electrons. The molecular formula is C14H17NO4. The third-order valence-electron chi connectivity index (χ3n) is 3.51. The van der Waals surface area contributed by atoms with Crippen LogP contribution in [-0.4, -0.2) is 46.2 Å².